The molecule has 28 heavy (non-hydrogen) atoms. The molecule has 4 aromatic rings. The second kappa shape index (κ2) is 6.87. The molecule has 1 fully saturated rings. The number of carbonyl (C=O) groups is 1. The Morgan fingerprint density at radius 3 is 2.93 bits per heavy atom. The van der Waals surface area contributed by atoms with E-state index in [2.05, 4.69) is 37.7 Å². The molecule has 7 nitrogen and oxygen atoms in total. The number of aryl methyl sites for hydroxylation is 1. The molecule has 3 heterocycles. The van der Waals surface area contributed by atoms with Crippen LogP contribution >= 0.6 is 11.3 Å². The number of aromatic nitrogens is 5. The van der Waals surface area contributed by atoms with Crippen molar-refractivity contribution in [1.82, 2.24) is 30.3 Å². The van der Waals surface area contributed by atoms with Crippen LogP contribution in [0.25, 0.3) is 10.2 Å². The lowest BCUT2D eigenvalue weighted by atomic mass is 10.2. The van der Waals surface area contributed by atoms with Gasteiger partial charge in [0.15, 0.2) is 5.82 Å². The molecular weight excluding hydrogens is 372 g/mol. The van der Waals surface area contributed by atoms with Gasteiger partial charge >= 0.3 is 0 Å². The van der Waals surface area contributed by atoms with Gasteiger partial charge in [-0.1, -0.05) is 30.3 Å². The third kappa shape index (κ3) is 3.31. The van der Waals surface area contributed by atoms with Crippen molar-refractivity contribution in [2.24, 2.45) is 0 Å². The van der Waals surface area contributed by atoms with Crippen LogP contribution in [0.2, 0.25) is 0 Å². The minimum atomic E-state index is -0.101. The zero-order valence-corrected chi connectivity index (χ0v) is 16.3. The summed E-state index contributed by atoms with van der Waals surface area (Å²) in [5.74, 6) is 1.96. The van der Waals surface area contributed by atoms with Crippen LogP contribution < -0.4 is 5.32 Å². The zero-order chi connectivity index (χ0) is 19.1. The Kier molecular flexibility index (Phi) is 4.20. The first kappa shape index (κ1) is 17.1. The fourth-order valence-electron chi connectivity index (χ4n) is 3.25. The Balaban J connectivity index is 1.32. The molecule has 5 rings (SSSR count). The second-order valence-corrected chi connectivity index (χ2v) is 8.19. The van der Waals surface area contributed by atoms with Gasteiger partial charge in [-0.3, -0.25) is 14.6 Å². The number of hydrogen-bond acceptors (Lipinski definition) is 5. The van der Waals surface area contributed by atoms with Crippen molar-refractivity contribution >= 4 is 27.5 Å². The normalized spacial score (nSPS) is 13.9. The molecule has 1 aliphatic rings. The average Bonchev–Trinajstić information content (AvgIpc) is 3.17. The minimum absolute atomic E-state index is 0.101. The first-order valence-electron chi connectivity index (χ1n) is 9.37. The number of hydrogen-bond donors (Lipinski definition) is 2. The van der Waals surface area contributed by atoms with E-state index in [0.717, 1.165) is 34.6 Å². The van der Waals surface area contributed by atoms with Gasteiger partial charge in [-0.05, 0) is 31.4 Å². The van der Waals surface area contributed by atoms with E-state index < -0.39 is 0 Å². The van der Waals surface area contributed by atoms with Gasteiger partial charge in [0.1, 0.15) is 10.7 Å². The Morgan fingerprint density at radius 1 is 1.32 bits per heavy atom. The van der Waals surface area contributed by atoms with Crippen LogP contribution in [-0.4, -0.2) is 30.9 Å². The lowest BCUT2D eigenvalue weighted by Gasteiger charge is -2.03. The van der Waals surface area contributed by atoms with Crippen molar-refractivity contribution in [2.45, 2.75) is 38.8 Å². The summed E-state index contributed by atoms with van der Waals surface area (Å²) in [4.78, 5) is 18.8. The summed E-state index contributed by atoms with van der Waals surface area (Å²) in [5.41, 5.74) is 2.12. The lowest BCUT2D eigenvalue weighted by molar-refractivity contribution is 0.0954. The fraction of sp³-hybridized carbons (Fsp3) is 0.300. The summed E-state index contributed by atoms with van der Waals surface area (Å²) < 4.78 is 1.97. The number of fused-ring (bicyclic) bond motifs is 1. The van der Waals surface area contributed by atoms with Crippen LogP contribution in [0.3, 0.4) is 0 Å². The maximum Gasteiger partial charge on any atom is 0.261 e. The SMILES string of the molecule is Cc1nn(Cc2ccccc2)c2sc(C(=O)NCc3nc(C4CC4)n[nH]3)cc12. The Labute approximate surface area is 165 Å². The molecule has 3 aromatic heterocycles. The van der Waals surface area contributed by atoms with Gasteiger partial charge in [-0.15, -0.1) is 11.3 Å². The van der Waals surface area contributed by atoms with E-state index in [1.807, 2.05) is 35.9 Å². The largest absolute Gasteiger partial charge is 0.344 e. The van der Waals surface area contributed by atoms with Crippen molar-refractivity contribution in [3.05, 3.63) is 64.2 Å². The Morgan fingerprint density at radius 2 is 2.14 bits per heavy atom. The Hall–Kier alpha value is -3.00. The second-order valence-electron chi connectivity index (χ2n) is 7.16. The number of nitrogens with one attached hydrogen (secondary N) is 2. The van der Waals surface area contributed by atoms with Crippen molar-refractivity contribution in [2.75, 3.05) is 0 Å². The molecular formula is C20H20N6OS. The molecule has 0 spiro atoms. The van der Waals surface area contributed by atoms with E-state index in [0.29, 0.717) is 29.7 Å². The van der Waals surface area contributed by atoms with E-state index in [9.17, 15) is 4.79 Å². The highest BCUT2D eigenvalue weighted by molar-refractivity contribution is 7.20. The van der Waals surface area contributed by atoms with E-state index in [-0.39, 0.29) is 5.91 Å². The van der Waals surface area contributed by atoms with E-state index in [1.165, 1.54) is 16.9 Å². The highest BCUT2D eigenvalue weighted by Gasteiger charge is 2.27. The smallest absolute Gasteiger partial charge is 0.261 e. The number of benzene rings is 1. The minimum Gasteiger partial charge on any atom is -0.344 e. The third-order valence-corrected chi connectivity index (χ3v) is 6.06. The van der Waals surface area contributed by atoms with Crippen LogP contribution in [0.15, 0.2) is 36.4 Å². The first-order valence-corrected chi connectivity index (χ1v) is 10.2. The number of nitrogens with zero attached hydrogens (tertiary/aromatic N) is 4. The predicted molar refractivity (Wildman–Crippen MR) is 107 cm³/mol. The monoisotopic (exact) mass is 392 g/mol. The van der Waals surface area contributed by atoms with Crippen LogP contribution in [0.1, 0.15) is 51.3 Å². The topological polar surface area (TPSA) is 88.5 Å². The van der Waals surface area contributed by atoms with E-state index in [1.54, 1.807) is 0 Å². The molecule has 142 valence electrons. The van der Waals surface area contributed by atoms with Crippen LogP contribution in [0, 0.1) is 6.92 Å². The molecule has 0 atom stereocenters. The van der Waals surface area contributed by atoms with Crippen LogP contribution in [0.5, 0.6) is 0 Å². The maximum absolute atomic E-state index is 12.6. The van der Waals surface area contributed by atoms with E-state index >= 15 is 0 Å². The quantitative estimate of drug-likeness (QED) is 0.526. The predicted octanol–water partition coefficient (Wildman–Crippen LogP) is 3.38. The van der Waals surface area contributed by atoms with Gasteiger partial charge in [0, 0.05) is 11.3 Å². The molecule has 1 aliphatic carbocycles. The van der Waals surface area contributed by atoms with Gasteiger partial charge in [0.05, 0.1) is 23.7 Å². The van der Waals surface area contributed by atoms with Crippen molar-refractivity contribution < 1.29 is 4.79 Å². The molecule has 0 aliphatic heterocycles. The van der Waals surface area contributed by atoms with Gasteiger partial charge in [0.25, 0.3) is 5.91 Å². The number of rotatable bonds is 6. The van der Waals surface area contributed by atoms with Gasteiger partial charge in [-0.2, -0.15) is 10.2 Å². The van der Waals surface area contributed by atoms with E-state index in [4.69, 9.17) is 0 Å². The highest BCUT2D eigenvalue weighted by atomic mass is 32.1. The molecule has 2 N–H and O–H groups in total. The number of carbonyl (C=O) groups excluding carboxylic acids is 1. The van der Waals surface area contributed by atoms with Crippen molar-refractivity contribution in [3.8, 4) is 0 Å². The lowest BCUT2D eigenvalue weighted by Crippen LogP contribution is -2.22. The summed E-state index contributed by atoms with van der Waals surface area (Å²) in [6.45, 7) is 3.02. The molecule has 8 heteroatoms. The summed E-state index contributed by atoms with van der Waals surface area (Å²) >= 11 is 1.47. The van der Waals surface area contributed by atoms with Crippen molar-refractivity contribution in [3.63, 3.8) is 0 Å². The molecule has 1 aromatic carbocycles. The summed E-state index contributed by atoms with van der Waals surface area (Å²) in [7, 11) is 0. The molecule has 0 radical (unpaired) electrons. The zero-order valence-electron chi connectivity index (χ0n) is 15.5. The molecule has 1 saturated carbocycles. The standard InChI is InChI=1S/C20H20N6OS/c1-12-15-9-16(19(27)21-10-17-22-18(24-23-17)14-7-8-14)28-20(15)26(25-12)11-13-5-3-2-4-6-13/h2-6,9,14H,7-8,10-11H2,1H3,(H,21,27)(H,22,23,24). The van der Waals surface area contributed by atoms with Crippen LogP contribution in [0.4, 0.5) is 0 Å². The van der Waals surface area contributed by atoms with Crippen molar-refractivity contribution in [1.29, 1.82) is 0 Å². The summed E-state index contributed by atoms with van der Waals surface area (Å²) in [6, 6.07) is 12.1. The molecule has 0 bridgehead atoms. The van der Waals surface area contributed by atoms with Crippen LogP contribution in [-0.2, 0) is 13.1 Å². The Bertz CT molecular complexity index is 1140. The number of thiophene rings is 1. The highest BCUT2D eigenvalue weighted by Crippen LogP contribution is 2.37. The number of amides is 1. The summed E-state index contributed by atoms with van der Waals surface area (Å²) in [5, 5.41) is 15.7. The average molecular weight is 392 g/mol. The molecule has 0 saturated heterocycles. The molecule has 0 unspecified atom stereocenters. The summed E-state index contributed by atoms with van der Waals surface area (Å²) in [6.07, 6.45) is 2.32. The van der Waals surface area contributed by atoms with Gasteiger partial charge in [0.2, 0.25) is 0 Å². The number of H-pyrrole nitrogens is 1. The molecule has 1 amide bonds. The maximum atomic E-state index is 12.6. The third-order valence-electron chi connectivity index (χ3n) is 4.91. The number of aromatic amines is 1. The van der Waals surface area contributed by atoms with Gasteiger partial charge in [-0.25, -0.2) is 4.98 Å². The first-order chi connectivity index (χ1) is 13.7. The fourth-order valence-corrected chi connectivity index (χ4v) is 4.33. The van der Waals surface area contributed by atoms with Gasteiger partial charge < -0.3 is 5.32 Å².